The molecule has 0 saturated heterocycles. The molecule has 1 aliphatic rings. The number of hydrogen-bond donors (Lipinski definition) is 0. The Morgan fingerprint density at radius 1 is 1.25 bits per heavy atom. The van der Waals surface area contributed by atoms with Crippen LogP contribution in [0.25, 0.3) is 0 Å². The van der Waals surface area contributed by atoms with Gasteiger partial charge in [0.2, 0.25) is 0 Å². The predicted molar refractivity (Wildman–Crippen MR) is 64.9 cm³/mol. The van der Waals surface area contributed by atoms with Crippen molar-refractivity contribution in [1.82, 2.24) is 4.90 Å². The van der Waals surface area contributed by atoms with Gasteiger partial charge in [-0.15, -0.1) is 0 Å². The van der Waals surface area contributed by atoms with Gasteiger partial charge in [0.05, 0.1) is 12.6 Å². The smallest absolute Gasteiger partial charge is 0.0871 e. The summed E-state index contributed by atoms with van der Waals surface area (Å²) in [6.07, 6.45) is 0. The van der Waals surface area contributed by atoms with E-state index in [0.29, 0.717) is 6.54 Å². The van der Waals surface area contributed by atoms with Gasteiger partial charge in [0.25, 0.3) is 0 Å². The van der Waals surface area contributed by atoms with Crippen LogP contribution in [0.3, 0.4) is 0 Å². The van der Waals surface area contributed by atoms with E-state index in [-0.39, 0.29) is 5.41 Å². The molecule has 2 heteroatoms. The van der Waals surface area contributed by atoms with Crippen molar-refractivity contribution >= 4 is 0 Å². The van der Waals surface area contributed by atoms with Crippen LogP contribution in [-0.4, -0.2) is 11.4 Å². The van der Waals surface area contributed by atoms with E-state index in [2.05, 4.69) is 49.9 Å². The molecule has 2 nitrogen and oxygen atoms in total. The molecule has 0 N–H and O–H groups in total. The molecule has 0 unspecified atom stereocenters. The quantitative estimate of drug-likeness (QED) is 0.672. The fourth-order valence-corrected chi connectivity index (χ4v) is 2.14. The highest BCUT2D eigenvalue weighted by Crippen LogP contribution is 2.29. The van der Waals surface area contributed by atoms with E-state index < -0.39 is 0 Å². The number of hydrogen-bond acceptors (Lipinski definition) is 2. The molecule has 1 heterocycles. The number of nitrogens with zero attached hydrogens (tertiary/aromatic N) is 2. The lowest BCUT2D eigenvalue weighted by atomic mass is 9.85. The van der Waals surface area contributed by atoms with Crippen LogP contribution in [0.4, 0.5) is 0 Å². The molecule has 0 aliphatic carbocycles. The summed E-state index contributed by atoms with van der Waals surface area (Å²) in [6, 6.07) is 8.95. The molecule has 16 heavy (non-hydrogen) atoms. The van der Waals surface area contributed by atoms with Gasteiger partial charge >= 0.3 is 0 Å². The van der Waals surface area contributed by atoms with Crippen molar-refractivity contribution in [3.8, 4) is 6.07 Å². The second-order valence-corrected chi connectivity index (χ2v) is 5.54. The highest BCUT2D eigenvalue weighted by Gasteiger charge is 2.21. The third-order valence-corrected chi connectivity index (χ3v) is 3.15. The molecule has 0 saturated carbocycles. The Labute approximate surface area is 97.5 Å². The van der Waals surface area contributed by atoms with E-state index in [1.54, 1.807) is 0 Å². The maximum atomic E-state index is 8.70. The van der Waals surface area contributed by atoms with Crippen molar-refractivity contribution in [1.29, 1.82) is 5.26 Å². The Bertz CT molecular complexity index is 435. The summed E-state index contributed by atoms with van der Waals surface area (Å²) >= 11 is 0. The van der Waals surface area contributed by atoms with E-state index in [1.165, 1.54) is 16.7 Å². The molecular formula is C14H18N2. The highest BCUT2D eigenvalue weighted by molar-refractivity contribution is 5.37. The van der Waals surface area contributed by atoms with Crippen LogP contribution in [0.2, 0.25) is 0 Å². The molecule has 2 rings (SSSR count). The van der Waals surface area contributed by atoms with Crippen LogP contribution >= 0.6 is 0 Å². The van der Waals surface area contributed by atoms with Crippen molar-refractivity contribution in [2.45, 2.75) is 39.3 Å². The van der Waals surface area contributed by atoms with Gasteiger partial charge in [-0.3, -0.25) is 4.90 Å². The lowest BCUT2D eigenvalue weighted by molar-refractivity contribution is 0.320. The first-order valence-corrected chi connectivity index (χ1v) is 5.72. The first kappa shape index (κ1) is 11.2. The lowest BCUT2D eigenvalue weighted by Gasteiger charge is -2.19. The summed E-state index contributed by atoms with van der Waals surface area (Å²) in [6.45, 7) is 9.07. The van der Waals surface area contributed by atoms with Crippen LogP contribution in [0.5, 0.6) is 0 Å². The number of rotatable bonds is 1. The third-order valence-electron chi connectivity index (χ3n) is 3.15. The Morgan fingerprint density at radius 2 is 1.94 bits per heavy atom. The van der Waals surface area contributed by atoms with Crippen molar-refractivity contribution < 1.29 is 0 Å². The molecule has 0 atom stereocenters. The summed E-state index contributed by atoms with van der Waals surface area (Å²) in [4.78, 5) is 2.18. The predicted octanol–water partition coefficient (Wildman–Crippen LogP) is 2.82. The monoisotopic (exact) mass is 214 g/mol. The third kappa shape index (κ3) is 2.10. The Balaban J connectivity index is 2.25. The van der Waals surface area contributed by atoms with Crippen LogP contribution in [0.1, 0.15) is 37.5 Å². The summed E-state index contributed by atoms with van der Waals surface area (Å²) in [5.74, 6) is 0. The van der Waals surface area contributed by atoms with E-state index in [0.717, 1.165) is 13.1 Å². The van der Waals surface area contributed by atoms with Crippen molar-refractivity contribution in [2.24, 2.45) is 0 Å². The molecule has 84 valence electrons. The first-order valence-electron chi connectivity index (χ1n) is 5.72. The standard InChI is InChI=1S/C14H18N2/c1-14(2,3)13-5-4-11-9-16(7-6-15)10-12(11)8-13/h4-5,8H,7,9-10H2,1-3H3. The second-order valence-electron chi connectivity index (χ2n) is 5.54. The average Bonchev–Trinajstić information content (AvgIpc) is 2.57. The van der Waals surface area contributed by atoms with Crippen molar-refractivity contribution in [3.63, 3.8) is 0 Å². The summed E-state index contributed by atoms with van der Waals surface area (Å²) in [7, 11) is 0. The van der Waals surface area contributed by atoms with Crippen LogP contribution in [-0.2, 0) is 18.5 Å². The molecule has 1 aromatic rings. The molecular weight excluding hydrogens is 196 g/mol. The zero-order chi connectivity index (χ0) is 11.8. The zero-order valence-electron chi connectivity index (χ0n) is 10.2. The zero-order valence-corrected chi connectivity index (χ0v) is 10.2. The molecule has 0 amide bonds. The van der Waals surface area contributed by atoms with Gasteiger partial charge in [-0.25, -0.2) is 0 Å². The maximum Gasteiger partial charge on any atom is 0.0871 e. The van der Waals surface area contributed by atoms with Gasteiger partial charge in [0.1, 0.15) is 0 Å². The number of nitriles is 1. The van der Waals surface area contributed by atoms with Gasteiger partial charge in [-0.05, 0) is 22.1 Å². The van der Waals surface area contributed by atoms with Crippen LogP contribution in [0, 0.1) is 11.3 Å². The van der Waals surface area contributed by atoms with Gasteiger partial charge < -0.3 is 0 Å². The number of benzene rings is 1. The minimum absolute atomic E-state index is 0.206. The maximum absolute atomic E-state index is 8.70. The topological polar surface area (TPSA) is 27.0 Å². The summed E-state index contributed by atoms with van der Waals surface area (Å²) < 4.78 is 0. The van der Waals surface area contributed by atoms with E-state index in [4.69, 9.17) is 5.26 Å². The summed E-state index contributed by atoms with van der Waals surface area (Å²) in [5.41, 5.74) is 4.36. The van der Waals surface area contributed by atoms with Crippen LogP contribution in [0.15, 0.2) is 18.2 Å². The normalized spacial score (nSPS) is 15.9. The van der Waals surface area contributed by atoms with Crippen LogP contribution < -0.4 is 0 Å². The fourth-order valence-electron chi connectivity index (χ4n) is 2.14. The Kier molecular flexibility index (Phi) is 2.73. The Hall–Kier alpha value is -1.33. The lowest BCUT2D eigenvalue weighted by Crippen LogP contribution is -2.16. The van der Waals surface area contributed by atoms with Gasteiger partial charge in [0, 0.05) is 13.1 Å². The van der Waals surface area contributed by atoms with Crippen molar-refractivity contribution in [2.75, 3.05) is 6.54 Å². The molecule has 0 aromatic heterocycles. The SMILES string of the molecule is CC(C)(C)c1ccc2c(c1)CN(CC#N)C2. The van der Waals surface area contributed by atoms with E-state index in [1.807, 2.05) is 0 Å². The van der Waals surface area contributed by atoms with E-state index >= 15 is 0 Å². The Morgan fingerprint density at radius 3 is 2.56 bits per heavy atom. The largest absolute Gasteiger partial charge is 0.282 e. The second kappa shape index (κ2) is 3.92. The first-order chi connectivity index (χ1) is 7.50. The van der Waals surface area contributed by atoms with Gasteiger partial charge in [-0.2, -0.15) is 5.26 Å². The molecule has 0 fully saturated rings. The fraction of sp³-hybridized carbons (Fsp3) is 0.500. The van der Waals surface area contributed by atoms with E-state index in [9.17, 15) is 0 Å². The molecule has 0 bridgehead atoms. The minimum Gasteiger partial charge on any atom is -0.282 e. The summed E-state index contributed by atoms with van der Waals surface area (Å²) in [5, 5.41) is 8.70. The average molecular weight is 214 g/mol. The highest BCUT2D eigenvalue weighted by atomic mass is 15.1. The van der Waals surface area contributed by atoms with Gasteiger partial charge in [-0.1, -0.05) is 39.0 Å². The molecule has 0 radical (unpaired) electrons. The van der Waals surface area contributed by atoms with Gasteiger partial charge in [0.15, 0.2) is 0 Å². The molecule has 1 aromatic carbocycles. The molecule has 0 spiro atoms. The number of fused-ring (bicyclic) bond motifs is 1. The minimum atomic E-state index is 0.206. The molecule has 1 aliphatic heterocycles. The van der Waals surface area contributed by atoms with Crippen molar-refractivity contribution in [3.05, 3.63) is 34.9 Å².